The van der Waals surface area contributed by atoms with Crippen LogP contribution in [0.1, 0.15) is 16.8 Å². The molecule has 2 unspecified atom stereocenters. The maximum absolute atomic E-state index is 12.1. The normalized spacial score (nSPS) is 19.0. The maximum Gasteiger partial charge on any atom is 0.251 e. The zero-order valence-corrected chi connectivity index (χ0v) is 28.1. The fourth-order valence-electron chi connectivity index (χ4n) is 3.75. The molecule has 5 atom stereocenters. The van der Waals surface area contributed by atoms with Crippen molar-refractivity contribution in [3.63, 3.8) is 0 Å². The molecule has 245 valence electrons. The van der Waals surface area contributed by atoms with Gasteiger partial charge in [0.25, 0.3) is 13.2 Å². The number of nitrogens with one attached hydrogen (secondary N) is 2. The number of carbonyl (C=O) groups is 2. The van der Waals surface area contributed by atoms with Crippen molar-refractivity contribution in [2.45, 2.75) is 35.5 Å². The van der Waals surface area contributed by atoms with Crippen LogP contribution >= 0.6 is 43.2 Å². The molecule has 2 rings (SSSR count). The summed E-state index contributed by atoms with van der Waals surface area (Å²) < 4.78 is 28.7. The van der Waals surface area contributed by atoms with Crippen molar-refractivity contribution >= 4 is 62.3 Å². The van der Waals surface area contributed by atoms with Crippen LogP contribution in [0.2, 0.25) is 0 Å². The Hall–Kier alpha value is -1.30. The summed E-state index contributed by atoms with van der Waals surface area (Å²) in [5.74, 6) is 5.75. The minimum Gasteiger partial charge on any atom is -0.490 e. The number of hydrogen-bond donors (Lipinski definition) is 5. The molecular weight excluding hydrogens is 649 g/mol. The zero-order chi connectivity index (χ0) is 32.0. The van der Waals surface area contributed by atoms with E-state index in [1.807, 2.05) is 12.5 Å². The molecule has 17 heteroatoms. The molecule has 2 amide bonds. The van der Waals surface area contributed by atoms with E-state index in [9.17, 15) is 19.8 Å². The zero-order valence-electron chi connectivity index (χ0n) is 24.8. The highest BCUT2D eigenvalue weighted by atomic mass is 33.1. The van der Waals surface area contributed by atoms with Gasteiger partial charge in [-0.2, -0.15) is 5.82 Å². The van der Waals surface area contributed by atoms with Crippen LogP contribution in [-0.2, 0) is 23.7 Å². The minimum absolute atomic E-state index is 0.131. The van der Waals surface area contributed by atoms with Crippen LogP contribution in [-0.4, -0.2) is 130 Å². The fourth-order valence-corrected chi connectivity index (χ4v) is 6.64. The van der Waals surface area contributed by atoms with Crippen molar-refractivity contribution in [2.24, 2.45) is 5.73 Å². The lowest BCUT2D eigenvalue weighted by atomic mass is 9.71. The van der Waals surface area contributed by atoms with Gasteiger partial charge in [0, 0.05) is 24.7 Å². The van der Waals surface area contributed by atoms with Gasteiger partial charge in [0.05, 0.1) is 39.1 Å². The van der Waals surface area contributed by atoms with E-state index in [1.54, 1.807) is 31.5 Å². The van der Waals surface area contributed by atoms with Gasteiger partial charge in [-0.05, 0) is 37.1 Å². The van der Waals surface area contributed by atoms with E-state index in [0.717, 1.165) is 0 Å². The lowest BCUT2D eigenvalue weighted by Crippen LogP contribution is -2.31. The summed E-state index contributed by atoms with van der Waals surface area (Å²) in [6, 6.07) is 6.56. The van der Waals surface area contributed by atoms with Crippen molar-refractivity contribution in [1.29, 1.82) is 0 Å². The topological polar surface area (TPSA) is 171 Å². The van der Waals surface area contributed by atoms with Crippen LogP contribution in [0, 0.1) is 11.7 Å². The third-order valence-electron chi connectivity index (χ3n) is 5.71. The van der Waals surface area contributed by atoms with E-state index in [2.05, 4.69) is 22.4 Å². The monoisotopic (exact) mass is 690 g/mol. The lowest BCUT2D eigenvalue weighted by molar-refractivity contribution is -0.126. The molecule has 0 aromatic heterocycles. The highest BCUT2D eigenvalue weighted by molar-refractivity contribution is 8.76. The second kappa shape index (κ2) is 24.0. The van der Waals surface area contributed by atoms with E-state index in [-0.39, 0.29) is 75.5 Å². The molecule has 1 aromatic carbocycles. The predicted molar refractivity (Wildman–Crippen MR) is 179 cm³/mol. The number of aliphatic hydroxyl groups excluding tert-OH is 2. The molecule has 44 heavy (non-hydrogen) atoms. The standard InChI is InChI=1S/C27H41BN3O9S4/c1-41-43-25(16-33)40-21-14-23(39-22(21)15-32)28-7-4-9-30-24(34)17-36-11-12-37-26(44-42-2)18-38-20-6-3-5-19(13-20)27(35)31-10-8-29/h3,5-6,13,21-23,25-26,32-33H,8-12,14-18,29H2,1-2H3,(H,30,34)(H,31,35)/t21-,22?,23-,25-,26?/m1/s1. The molecule has 0 aliphatic carbocycles. The van der Waals surface area contributed by atoms with Gasteiger partial charge in [-0.1, -0.05) is 55.2 Å². The van der Waals surface area contributed by atoms with E-state index in [4.69, 9.17) is 29.4 Å². The Kier molecular flexibility index (Phi) is 21.2. The SMILES string of the molecule is CSSC(COc1cccc(C(=O)NCCN)c1)OCCOCC(=O)NCC#C[B][C@H]1C[C@@H](O[C@@H](CO)SSC)C(CO)O1. The Morgan fingerprint density at radius 1 is 1.18 bits per heavy atom. The largest absolute Gasteiger partial charge is 0.490 e. The van der Waals surface area contributed by atoms with Crippen LogP contribution in [0.5, 0.6) is 5.75 Å². The van der Waals surface area contributed by atoms with Crippen molar-refractivity contribution in [2.75, 3.05) is 71.8 Å². The van der Waals surface area contributed by atoms with Crippen LogP contribution in [0.25, 0.3) is 0 Å². The summed E-state index contributed by atoms with van der Waals surface area (Å²) in [6.07, 6.45) is 3.51. The Morgan fingerprint density at radius 2 is 1.98 bits per heavy atom. The molecule has 0 saturated carbocycles. The summed E-state index contributed by atoms with van der Waals surface area (Å²) >= 11 is 0. The number of ether oxygens (including phenoxy) is 5. The summed E-state index contributed by atoms with van der Waals surface area (Å²) in [5.41, 5.74) is 5.23. The Bertz CT molecular complexity index is 1040. The number of hydrogen-bond acceptors (Lipinski definition) is 14. The Morgan fingerprint density at radius 3 is 2.70 bits per heavy atom. The maximum atomic E-state index is 12.1. The molecular formula is C27H41BN3O9S4. The molecule has 0 spiro atoms. The van der Waals surface area contributed by atoms with Gasteiger partial charge < -0.3 is 50.3 Å². The summed E-state index contributed by atoms with van der Waals surface area (Å²) in [4.78, 5) is 24.2. The quantitative estimate of drug-likeness (QED) is 0.0379. The van der Waals surface area contributed by atoms with Gasteiger partial charge in [-0.15, -0.1) is 0 Å². The molecule has 6 N–H and O–H groups in total. The van der Waals surface area contributed by atoms with Gasteiger partial charge in [0.2, 0.25) is 5.91 Å². The van der Waals surface area contributed by atoms with Gasteiger partial charge in [-0.3, -0.25) is 9.59 Å². The lowest BCUT2D eigenvalue weighted by Gasteiger charge is -2.21. The average Bonchev–Trinajstić information content (AvgIpc) is 3.43. The number of rotatable bonds is 22. The molecule has 0 bridgehead atoms. The summed E-state index contributed by atoms with van der Waals surface area (Å²) in [7, 11) is 7.61. The smallest absolute Gasteiger partial charge is 0.251 e. The van der Waals surface area contributed by atoms with E-state index in [0.29, 0.717) is 30.8 Å². The van der Waals surface area contributed by atoms with Crippen molar-refractivity contribution in [1.82, 2.24) is 10.6 Å². The van der Waals surface area contributed by atoms with E-state index in [1.165, 1.54) is 43.2 Å². The summed E-state index contributed by atoms with van der Waals surface area (Å²) in [6.45, 7) is 1.19. The second-order valence-electron chi connectivity index (χ2n) is 8.94. The number of nitrogens with two attached hydrogens (primary N) is 1. The first-order chi connectivity index (χ1) is 21.4. The third-order valence-corrected chi connectivity index (χ3v) is 9.50. The molecule has 12 nitrogen and oxygen atoms in total. The first kappa shape index (κ1) is 38.9. The van der Waals surface area contributed by atoms with Crippen LogP contribution in [0.15, 0.2) is 24.3 Å². The van der Waals surface area contributed by atoms with Gasteiger partial charge in [0.1, 0.15) is 35.9 Å². The molecule has 1 fully saturated rings. The fraction of sp³-hybridized carbons (Fsp3) is 0.630. The molecule has 1 radical (unpaired) electrons. The Balaban J connectivity index is 1.61. The van der Waals surface area contributed by atoms with Crippen molar-refractivity contribution < 1.29 is 43.5 Å². The van der Waals surface area contributed by atoms with E-state index >= 15 is 0 Å². The van der Waals surface area contributed by atoms with Crippen molar-refractivity contribution in [3.8, 4) is 17.5 Å². The Labute approximate surface area is 275 Å². The predicted octanol–water partition coefficient (Wildman–Crippen LogP) is 0.728. The molecule has 1 heterocycles. The average molecular weight is 691 g/mol. The third kappa shape index (κ3) is 15.8. The first-order valence-corrected chi connectivity index (χ1v) is 19.1. The molecule has 1 aromatic rings. The number of aliphatic hydroxyl groups is 2. The molecule has 1 aliphatic rings. The van der Waals surface area contributed by atoms with Crippen molar-refractivity contribution in [3.05, 3.63) is 29.8 Å². The number of carbonyl (C=O) groups excluding carboxylic acids is 2. The van der Waals surface area contributed by atoms with Gasteiger partial charge >= 0.3 is 0 Å². The molecule has 1 saturated heterocycles. The minimum atomic E-state index is -0.490. The van der Waals surface area contributed by atoms with Crippen LogP contribution in [0.4, 0.5) is 0 Å². The summed E-state index contributed by atoms with van der Waals surface area (Å²) in [5, 5.41) is 24.4. The van der Waals surface area contributed by atoms with Gasteiger partial charge in [0.15, 0.2) is 0 Å². The van der Waals surface area contributed by atoms with E-state index < -0.39 is 11.5 Å². The highest BCUT2D eigenvalue weighted by Gasteiger charge is 2.37. The van der Waals surface area contributed by atoms with Gasteiger partial charge in [-0.25, -0.2) is 0 Å². The van der Waals surface area contributed by atoms with Crippen LogP contribution in [0.3, 0.4) is 0 Å². The number of amides is 2. The highest BCUT2D eigenvalue weighted by Crippen LogP contribution is 2.30. The second-order valence-corrected chi connectivity index (χ2v) is 14.2. The van der Waals surface area contributed by atoms with Crippen LogP contribution < -0.4 is 21.1 Å². The molecule has 1 aliphatic heterocycles. The number of benzene rings is 1. The first-order valence-electron chi connectivity index (χ1n) is 13.8.